The molecule has 0 atom stereocenters. The summed E-state index contributed by atoms with van der Waals surface area (Å²) in [7, 11) is 0. The molecule has 0 fully saturated rings. The number of nitrogens with zero attached hydrogens (tertiary/aromatic N) is 4. The third-order valence-corrected chi connectivity index (χ3v) is 4.01. The number of furan rings is 1. The van der Waals surface area contributed by atoms with Gasteiger partial charge in [0, 0.05) is 17.9 Å². The molecule has 0 bridgehead atoms. The van der Waals surface area contributed by atoms with Gasteiger partial charge in [0.25, 0.3) is 0 Å². The van der Waals surface area contributed by atoms with Crippen LogP contribution in [0.5, 0.6) is 0 Å². The standard InChI is InChI=1S/C15H14FN5O2S/c16-11-3-1-4-12(9-11)17-14(22)6-8-24-15-18-19-20-21(15)10-13-5-2-7-23-13/h1-5,7,9H,6,8,10H2,(H,17,22). The summed E-state index contributed by atoms with van der Waals surface area (Å²) in [5.74, 6) is 0.657. The normalized spacial score (nSPS) is 10.7. The van der Waals surface area contributed by atoms with E-state index in [0.29, 0.717) is 23.1 Å². The zero-order valence-electron chi connectivity index (χ0n) is 12.6. The van der Waals surface area contributed by atoms with Crippen molar-refractivity contribution in [3.05, 3.63) is 54.2 Å². The number of aromatic nitrogens is 4. The van der Waals surface area contributed by atoms with Gasteiger partial charge in [-0.15, -0.1) is 5.10 Å². The number of carbonyl (C=O) groups excluding carboxylic acids is 1. The molecule has 0 radical (unpaired) electrons. The van der Waals surface area contributed by atoms with E-state index in [2.05, 4.69) is 20.8 Å². The molecule has 1 N–H and O–H groups in total. The fraction of sp³-hybridized carbons (Fsp3) is 0.200. The molecule has 0 aliphatic carbocycles. The van der Waals surface area contributed by atoms with Crippen LogP contribution in [0.2, 0.25) is 0 Å². The van der Waals surface area contributed by atoms with Crippen LogP contribution in [0.25, 0.3) is 0 Å². The number of halogens is 1. The zero-order chi connectivity index (χ0) is 16.8. The Morgan fingerprint density at radius 1 is 1.33 bits per heavy atom. The van der Waals surface area contributed by atoms with Gasteiger partial charge >= 0.3 is 0 Å². The number of thioether (sulfide) groups is 1. The molecule has 1 amide bonds. The molecule has 124 valence electrons. The average Bonchev–Trinajstić information content (AvgIpc) is 3.20. The largest absolute Gasteiger partial charge is 0.467 e. The second kappa shape index (κ2) is 7.73. The van der Waals surface area contributed by atoms with Crippen LogP contribution in [0.4, 0.5) is 10.1 Å². The highest BCUT2D eigenvalue weighted by atomic mass is 32.2. The van der Waals surface area contributed by atoms with Crippen molar-refractivity contribution >= 4 is 23.4 Å². The summed E-state index contributed by atoms with van der Waals surface area (Å²) in [6.07, 6.45) is 1.85. The number of hydrogen-bond donors (Lipinski definition) is 1. The monoisotopic (exact) mass is 347 g/mol. The maximum Gasteiger partial charge on any atom is 0.225 e. The van der Waals surface area contributed by atoms with Crippen LogP contribution in [-0.2, 0) is 11.3 Å². The van der Waals surface area contributed by atoms with Crippen molar-refractivity contribution in [3.8, 4) is 0 Å². The summed E-state index contributed by atoms with van der Waals surface area (Å²) >= 11 is 1.37. The molecule has 1 aromatic carbocycles. The summed E-state index contributed by atoms with van der Waals surface area (Å²) in [5.41, 5.74) is 0.438. The van der Waals surface area contributed by atoms with Gasteiger partial charge in [0.05, 0.1) is 6.26 Å². The first-order valence-electron chi connectivity index (χ1n) is 7.17. The van der Waals surface area contributed by atoms with Crippen molar-refractivity contribution in [3.63, 3.8) is 0 Å². The van der Waals surface area contributed by atoms with Crippen molar-refractivity contribution in [1.82, 2.24) is 20.2 Å². The molecule has 7 nitrogen and oxygen atoms in total. The van der Waals surface area contributed by atoms with E-state index in [-0.39, 0.29) is 18.1 Å². The molecular weight excluding hydrogens is 333 g/mol. The quantitative estimate of drug-likeness (QED) is 0.661. The first kappa shape index (κ1) is 16.2. The van der Waals surface area contributed by atoms with Gasteiger partial charge in [-0.3, -0.25) is 4.79 Å². The Morgan fingerprint density at radius 3 is 3.04 bits per heavy atom. The molecule has 0 unspecified atom stereocenters. The number of anilines is 1. The van der Waals surface area contributed by atoms with Gasteiger partial charge < -0.3 is 9.73 Å². The van der Waals surface area contributed by atoms with Crippen LogP contribution in [0, 0.1) is 5.82 Å². The van der Waals surface area contributed by atoms with Crippen LogP contribution in [0.1, 0.15) is 12.2 Å². The molecule has 0 aliphatic heterocycles. The summed E-state index contributed by atoms with van der Waals surface area (Å²) in [5, 5.41) is 14.7. The molecule has 2 heterocycles. The molecule has 0 saturated carbocycles. The molecule has 0 spiro atoms. The van der Waals surface area contributed by atoms with E-state index in [0.717, 1.165) is 5.76 Å². The molecule has 3 rings (SSSR count). The maximum atomic E-state index is 13.1. The van der Waals surface area contributed by atoms with E-state index in [9.17, 15) is 9.18 Å². The van der Waals surface area contributed by atoms with E-state index < -0.39 is 0 Å². The topological polar surface area (TPSA) is 85.8 Å². The summed E-state index contributed by atoms with van der Waals surface area (Å²) in [6, 6.07) is 9.41. The molecule has 2 aromatic heterocycles. The van der Waals surface area contributed by atoms with Crippen molar-refractivity contribution in [2.45, 2.75) is 18.1 Å². The number of tetrazole rings is 1. The average molecular weight is 347 g/mol. The van der Waals surface area contributed by atoms with Crippen LogP contribution in [0.15, 0.2) is 52.2 Å². The lowest BCUT2D eigenvalue weighted by Crippen LogP contribution is -2.12. The molecule has 24 heavy (non-hydrogen) atoms. The maximum absolute atomic E-state index is 13.1. The van der Waals surface area contributed by atoms with Crippen molar-refractivity contribution < 1.29 is 13.6 Å². The second-order valence-electron chi connectivity index (χ2n) is 4.86. The lowest BCUT2D eigenvalue weighted by atomic mass is 10.3. The molecule has 0 aliphatic rings. The van der Waals surface area contributed by atoms with Crippen LogP contribution >= 0.6 is 11.8 Å². The van der Waals surface area contributed by atoms with Crippen molar-refractivity contribution in [2.75, 3.05) is 11.1 Å². The molecule has 9 heteroatoms. The molecule has 0 saturated heterocycles. The number of carbonyl (C=O) groups is 1. The SMILES string of the molecule is O=C(CCSc1nnnn1Cc1ccco1)Nc1cccc(F)c1. The third-order valence-electron chi connectivity index (χ3n) is 3.05. The Kier molecular flexibility index (Phi) is 5.22. The minimum absolute atomic E-state index is 0.196. The summed E-state index contributed by atoms with van der Waals surface area (Å²) in [6.45, 7) is 0.428. The van der Waals surface area contributed by atoms with E-state index in [1.807, 2.05) is 6.07 Å². The highest BCUT2D eigenvalue weighted by Gasteiger charge is 2.10. The van der Waals surface area contributed by atoms with Crippen LogP contribution in [0.3, 0.4) is 0 Å². The van der Waals surface area contributed by atoms with Crippen LogP contribution < -0.4 is 5.32 Å². The highest BCUT2D eigenvalue weighted by molar-refractivity contribution is 7.99. The number of nitrogens with one attached hydrogen (secondary N) is 1. The second-order valence-corrected chi connectivity index (χ2v) is 5.92. The van der Waals surface area contributed by atoms with Gasteiger partial charge in [-0.1, -0.05) is 17.8 Å². The number of benzene rings is 1. The Bertz CT molecular complexity index is 806. The minimum atomic E-state index is -0.390. The van der Waals surface area contributed by atoms with Crippen molar-refractivity contribution in [2.24, 2.45) is 0 Å². The third kappa shape index (κ3) is 4.42. The Hall–Kier alpha value is -2.68. The lowest BCUT2D eigenvalue weighted by molar-refractivity contribution is -0.115. The number of amides is 1. The zero-order valence-corrected chi connectivity index (χ0v) is 13.4. The Balaban J connectivity index is 1.48. The van der Waals surface area contributed by atoms with Crippen molar-refractivity contribution in [1.29, 1.82) is 0 Å². The van der Waals surface area contributed by atoms with Gasteiger partial charge in [-0.25, -0.2) is 9.07 Å². The Labute approximate surface area is 141 Å². The van der Waals surface area contributed by atoms with Crippen LogP contribution in [-0.4, -0.2) is 31.9 Å². The van der Waals surface area contributed by atoms with Gasteiger partial charge in [0.1, 0.15) is 18.1 Å². The van der Waals surface area contributed by atoms with Gasteiger partial charge in [0.15, 0.2) is 0 Å². The Morgan fingerprint density at radius 2 is 2.25 bits per heavy atom. The van der Waals surface area contributed by atoms with E-state index >= 15 is 0 Å². The van der Waals surface area contributed by atoms with E-state index in [4.69, 9.17) is 4.42 Å². The smallest absolute Gasteiger partial charge is 0.225 e. The summed E-state index contributed by atoms with van der Waals surface area (Å²) in [4.78, 5) is 11.9. The molecular formula is C15H14FN5O2S. The minimum Gasteiger partial charge on any atom is -0.467 e. The molecule has 3 aromatic rings. The first-order chi connectivity index (χ1) is 11.7. The summed E-state index contributed by atoms with van der Waals surface area (Å²) < 4.78 is 19.9. The predicted octanol–water partition coefficient (Wildman–Crippen LogP) is 2.57. The fourth-order valence-electron chi connectivity index (χ4n) is 1.97. The number of rotatable bonds is 7. The fourth-order valence-corrected chi connectivity index (χ4v) is 2.79. The van der Waals surface area contributed by atoms with Gasteiger partial charge in [-0.2, -0.15) is 0 Å². The highest BCUT2D eigenvalue weighted by Crippen LogP contribution is 2.17. The lowest BCUT2D eigenvalue weighted by Gasteiger charge is -2.05. The van der Waals surface area contributed by atoms with E-state index in [1.165, 1.54) is 23.9 Å². The van der Waals surface area contributed by atoms with Gasteiger partial charge in [-0.05, 0) is 40.8 Å². The van der Waals surface area contributed by atoms with E-state index in [1.54, 1.807) is 29.1 Å². The number of hydrogen-bond acceptors (Lipinski definition) is 6. The predicted molar refractivity (Wildman–Crippen MR) is 86.0 cm³/mol. The van der Waals surface area contributed by atoms with Gasteiger partial charge in [0.2, 0.25) is 11.1 Å². The first-order valence-corrected chi connectivity index (χ1v) is 8.16.